The summed E-state index contributed by atoms with van der Waals surface area (Å²) in [6.07, 6.45) is 0.985. The van der Waals surface area contributed by atoms with Crippen molar-refractivity contribution < 1.29 is 19.0 Å². The third-order valence-electron chi connectivity index (χ3n) is 3.02. The Balaban J connectivity index is 2.71. The van der Waals surface area contributed by atoms with E-state index in [4.69, 9.17) is 19.5 Å². The number of carbonyl (C=O) groups is 1. The third-order valence-corrected chi connectivity index (χ3v) is 3.02. The molecule has 5 nitrogen and oxygen atoms in total. The van der Waals surface area contributed by atoms with Crippen LogP contribution in [0.3, 0.4) is 0 Å². The minimum Gasteiger partial charge on any atom is -0.493 e. The van der Waals surface area contributed by atoms with Gasteiger partial charge in [-0.1, -0.05) is 6.07 Å². The molecule has 0 amide bonds. The van der Waals surface area contributed by atoms with E-state index in [1.807, 2.05) is 24.3 Å². The molecule has 0 N–H and O–H groups in total. The van der Waals surface area contributed by atoms with Gasteiger partial charge < -0.3 is 14.2 Å². The number of carbonyl (C=O) groups excluding carboxylic acids is 1. The van der Waals surface area contributed by atoms with Gasteiger partial charge in [0.05, 0.1) is 20.3 Å². The zero-order chi connectivity index (χ0) is 16.8. The minimum absolute atomic E-state index is 0.404. The summed E-state index contributed by atoms with van der Waals surface area (Å²) in [5.41, 5.74) is 0.386. The first-order chi connectivity index (χ1) is 10.3. The van der Waals surface area contributed by atoms with Gasteiger partial charge in [-0.05, 0) is 51.3 Å². The number of ether oxygens (including phenoxy) is 3. The number of aryl methyl sites for hydroxylation is 1. The van der Waals surface area contributed by atoms with Crippen molar-refractivity contribution in [3.8, 4) is 17.6 Å². The monoisotopic (exact) mass is 305 g/mol. The molecule has 0 radical (unpaired) electrons. The maximum absolute atomic E-state index is 11.9. The van der Waals surface area contributed by atoms with Crippen LogP contribution in [0.15, 0.2) is 18.2 Å². The lowest BCUT2D eigenvalue weighted by Crippen LogP contribution is -2.28. The molecule has 0 saturated carbocycles. The molecule has 1 rings (SSSR count). The number of rotatable bonds is 6. The Bertz CT molecular complexity index is 555. The van der Waals surface area contributed by atoms with Gasteiger partial charge in [0.1, 0.15) is 11.5 Å². The molecule has 0 bridgehead atoms. The Kier molecular flexibility index (Phi) is 6.24. The Labute approximate surface area is 131 Å². The molecule has 0 aliphatic carbocycles. The number of benzene rings is 1. The molecular formula is C17H23NO4. The maximum Gasteiger partial charge on any atom is 0.323 e. The Hall–Kier alpha value is -2.22. The molecule has 0 spiro atoms. The van der Waals surface area contributed by atoms with E-state index < -0.39 is 17.5 Å². The van der Waals surface area contributed by atoms with Gasteiger partial charge in [-0.25, -0.2) is 0 Å². The predicted molar refractivity (Wildman–Crippen MR) is 82.8 cm³/mol. The summed E-state index contributed by atoms with van der Waals surface area (Å²) in [4.78, 5) is 11.9. The van der Waals surface area contributed by atoms with E-state index in [0.717, 1.165) is 5.56 Å². The number of nitriles is 1. The second-order valence-electron chi connectivity index (χ2n) is 5.94. The largest absolute Gasteiger partial charge is 0.493 e. The molecule has 1 aromatic carbocycles. The molecule has 0 unspecified atom stereocenters. The molecular weight excluding hydrogens is 282 g/mol. The highest BCUT2D eigenvalue weighted by Crippen LogP contribution is 2.28. The molecule has 0 aromatic heterocycles. The highest BCUT2D eigenvalue weighted by Gasteiger charge is 2.24. The van der Waals surface area contributed by atoms with Crippen molar-refractivity contribution in [1.29, 1.82) is 5.26 Å². The predicted octanol–water partition coefficient (Wildman–Crippen LogP) is 3.12. The fourth-order valence-corrected chi connectivity index (χ4v) is 1.96. The molecule has 5 heteroatoms. The fraction of sp³-hybridized carbons (Fsp3) is 0.529. The van der Waals surface area contributed by atoms with Crippen molar-refractivity contribution >= 4 is 5.97 Å². The van der Waals surface area contributed by atoms with Crippen LogP contribution < -0.4 is 9.47 Å². The summed E-state index contributed by atoms with van der Waals surface area (Å²) in [7, 11) is 3.14. The van der Waals surface area contributed by atoms with Crippen molar-refractivity contribution in [1.82, 2.24) is 0 Å². The smallest absolute Gasteiger partial charge is 0.323 e. The number of nitrogens with zero attached hydrogens (tertiary/aromatic N) is 1. The van der Waals surface area contributed by atoms with Crippen LogP contribution in [0.2, 0.25) is 0 Å². The summed E-state index contributed by atoms with van der Waals surface area (Å²) < 4.78 is 15.7. The molecule has 1 atom stereocenters. The van der Waals surface area contributed by atoms with Gasteiger partial charge in [-0.3, -0.25) is 4.79 Å². The van der Waals surface area contributed by atoms with Crippen molar-refractivity contribution in [2.45, 2.75) is 39.2 Å². The molecule has 0 fully saturated rings. The van der Waals surface area contributed by atoms with E-state index in [0.29, 0.717) is 24.3 Å². The number of hydrogen-bond acceptors (Lipinski definition) is 5. The normalized spacial score (nSPS) is 12.2. The topological polar surface area (TPSA) is 68.5 Å². The lowest BCUT2D eigenvalue weighted by molar-refractivity contribution is -0.158. The SMILES string of the molecule is COc1ccc(CC[C@@H](C#N)C(=O)OC(C)(C)C)cc1OC. The van der Waals surface area contributed by atoms with Crippen molar-refractivity contribution in [3.05, 3.63) is 23.8 Å². The highest BCUT2D eigenvalue weighted by atomic mass is 16.6. The van der Waals surface area contributed by atoms with Gasteiger partial charge in [0.25, 0.3) is 0 Å². The average molecular weight is 305 g/mol. The second kappa shape index (κ2) is 7.69. The summed E-state index contributed by atoms with van der Waals surface area (Å²) >= 11 is 0. The van der Waals surface area contributed by atoms with E-state index in [9.17, 15) is 4.79 Å². The van der Waals surface area contributed by atoms with Crippen LogP contribution in [0.25, 0.3) is 0 Å². The van der Waals surface area contributed by atoms with E-state index in [2.05, 4.69) is 0 Å². The zero-order valence-corrected chi connectivity index (χ0v) is 13.8. The highest BCUT2D eigenvalue weighted by molar-refractivity contribution is 5.75. The standard InChI is InChI=1S/C17H23NO4/c1-17(2,3)22-16(19)13(11-18)8-6-12-7-9-14(20-4)15(10-12)21-5/h7,9-10,13H,6,8H2,1-5H3/t13-/m0/s1. The van der Waals surface area contributed by atoms with E-state index in [1.54, 1.807) is 35.0 Å². The van der Waals surface area contributed by atoms with Crippen molar-refractivity contribution in [2.24, 2.45) is 5.92 Å². The molecule has 22 heavy (non-hydrogen) atoms. The molecule has 0 saturated heterocycles. The summed E-state index contributed by atoms with van der Waals surface area (Å²) in [5.74, 6) is 0.0313. The van der Waals surface area contributed by atoms with Crippen LogP contribution in [0.1, 0.15) is 32.8 Å². The molecule has 1 aromatic rings. The number of esters is 1. The number of methoxy groups -OCH3 is 2. The first kappa shape index (κ1) is 17.8. The minimum atomic E-state index is -0.771. The van der Waals surface area contributed by atoms with Crippen molar-refractivity contribution in [3.63, 3.8) is 0 Å². The van der Waals surface area contributed by atoms with Crippen LogP contribution in [0.5, 0.6) is 11.5 Å². The zero-order valence-electron chi connectivity index (χ0n) is 13.8. The Morgan fingerprint density at radius 1 is 1.23 bits per heavy atom. The molecule has 0 heterocycles. The van der Waals surface area contributed by atoms with Gasteiger partial charge in [-0.2, -0.15) is 5.26 Å². The molecule has 0 aliphatic heterocycles. The third kappa shape index (κ3) is 5.28. The maximum atomic E-state index is 11.9. The van der Waals surface area contributed by atoms with Gasteiger partial charge >= 0.3 is 5.97 Å². The first-order valence-electron chi connectivity index (χ1n) is 7.14. The van der Waals surface area contributed by atoms with Crippen LogP contribution in [-0.4, -0.2) is 25.8 Å². The van der Waals surface area contributed by atoms with Gasteiger partial charge in [0.15, 0.2) is 11.5 Å². The first-order valence-corrected chi connectivity index (χ1v) is 7.14. The lowest BCUT2D eigenvalue weighted by Gasteiger charge is -2.21. The number of hydrogen-bond donors (Lipinski definition) is 0. The quantitative estimate of drug-likeness (QED) is 0.755. The van der Waals surface area contributed by atoms with Crippen LogP contribution >= 0.6 is 0 Å². The summed E-state index contributed by atoms with van der Waals surface area (Å²) in [5, 5.41) is 9.16. The van der Waals surface area contributed by atoms with Gasteiger partial charge in [-0.15, -0.1) is 0 Å². The average Bonchev–Trinajstić information content (AvgIpc) is 2.45. The van der Waals surface area contributed by atoms with E-state index in [-0.39, 0.29) is 0 Å². The van der Waals surface area contributed by atoms with E-state index >= 15 is 0 Å². The van der Waals surface area contributed by atoms with Crippen molar-refractivity contribution in [2.75, 3.05) is 14.2 Å². The van der Waals surface area contributed by atoms with Crippen LogP contribution in [0.4, 0.5) is 0 Å². The van der Waals surface area contributed by atoms with Crippen LogP contribution in [-0.2, 0) is 16.0 Å². The Morgan fingerprint density at radius 3 is 2.36 bits per heavy atom. The lowest BCUT2D eigenvalue weighted by atomic mass is 10.00. The van der Waals surface area contributed by atoms with Gasteiger partial charge in [0.2, 0.25) is 0 Å². The van der Waals surface area contributed by atoms with Crippen LogP contribution in [0, 0.1) is 17.2 Å². The molecule has 120 valence electrons. The second-order valence-corrected chi connectivity index (χ2v) is 5.94. The summed E-state index contributed by atoms with van der Waals surface area (Å²) in [6.45, 7) is 5.36. The van der Waals surface area contributed by atoms with E-state index in [1.165, 1.54) is 0 Å². The summed E-state index contributed by atoms with van der Waals surface area (Å²) in [6, 6.07) is 7.57. The van der Waals surface area contributed by atoms with Gasteiger partial charge in [0, 0.05) is 0 Å². The fourth-order valence-electron chi connectivity index (χ4n) is 1.96. The molecule has 0 aliphatic rings. The Morgan fingerprint density at radius 2 is 1.86 bits per heavy atom.